The number of carboxylic acid groups (broad SMARTS) is 1. The summed E-state index contributed by atoms with van der Waals surface area (Å²) in [5.41, 5.74) is -0.326. The van der Waals surface area contributed by atoms with Crippen molar-refractivity contribution in [2.45, 2.75) is 44.4 Å². The zero-order chi connectivity index (χ0) is 29.1. The van der Waals surface area contributed by atoms with E-state index in [0.29, 0.717) is 15.5 Å². The minimum absolute atomic E-state index is 0.0869. The van der Waals surface area contributed by atoms with Gasteiger partial charge >= 0.3 is 12.1 Å². The fourth-order valence-corrected chi connectivity index (χ4v) is 8.01. The highest BCUT2D eigenvalue weighted by Crippen LogP contribution is 2.60. The number of para-hydroxylation sites is 1. The Morgan fingerprint density at radius 3 is 2.60 bits per heavy atom. The lowest BCUT2D eigenvalue weighted by molar-refractivity contribution is -0.167. The molecule has 1 unspecified atom stereocenters. The number of thiazole rings is 1. The van der Waals surface area contributed by atoms with E-state index in [4.69, 9.17) is 9.47 Å². The molecule has 0 aliphatic carbocycles. The van der Waals surface area contributed by atoms with Gasteiger partial charge in [-0.1, -0.05) is 25.1 Å². The minimum Gasteiger partial charge on any atom is -0.477 e. The fraction of sp³-hybridized carbons (Fsp3) is 0.385. The van der Waals surface area contributed by atoms with E-state index < -0.39 is 51.3 Å². The van der Waals surface area contributed by atoms with E-state index in [-0.39, 0.29) is 29.3 Å². The lowest BCUT2D eigenvalue weighted by atomic mass is 9.66. The van der Waals surface area contributed by atoms with Gasteiger partial charge in [0.25, 0.3) is 0 Å². The van der Waals surface area contributed by atoms with E-state index in [9.17, 15) is 33.0 Å². The first-order valence-electron chi connectivity index (χ1n) is 12.3. The van der Waals surface area contributed by atoms with Crippen LogP contribution in [0.4, 0.5) is 4.79 Å². The summed E-state index contributed by atoms with van der Waals surface area (Å²) in [6.07, 6.45) is 2.00. The summed E-state index contributed by atoms with van der Waals surface area (Å²) < 4.78 is 36.6. The van der Waals surface area contributed by atoms with Crippen molar-refractivity contribution in [3.05, 3.63) is 52.9 Å². The van der Waals surface area contributed by atoms with Crippen molar-refractivity contribution in [2.75, 3.05) is 12.9 Å². The third-order valence-corrected chi connectivity index (χ3v) is 9.73. The fourth-order valence-electron chi connectivity index (χ4n) is 5.62. The molecule has 12 nitrogen and oxygen atoms in total. The number of fused-ring (bicyclic) bond motifs is 2. The predicted molar refractivity (Wildman–Crippen MR) is 142 cm³/mol. The Balaban J connectivity index is 1.52. The van der Waals surface area contributed by atoms with Crippen LogP contribution in [0.2, 0.25) is 0 Å². The molecular weight excluding hydrogens is 562 g/mol. The number of aliphatic hydroxyl groups excluding tert-OH is 1. The maximum Gasteiger partial charge on any atom is 0.513 e. The molecule has 1 saturated heterocycles. The van der Waals surface area contributed by atoms with Crippen molar-refractivity contribution in [3.8, 4) is 5.75 Å². The van der Waals surface area contributed by atoms with Crippen LogP contribution in [0, 0.1) is 18.3 Å². The van der Waals surface area contributed by atoms with Crippen LogP contribution in [-0.2, 0) is 24.2 Å². The summed E-state index contributed by atoms with van der Waals surface area (Å²) in [4.78, 5) is 43.9. The second kappa shape index (κ2) is 9.71. The molecular formula is C26H27N3O9S2. The van der Waals surface area contributed by atoms with E-state index in [2.05, 4.69) is 4.98 Å². The number of aromatic nitrogens is 2. The van der Waals surface area contributed by atoms with Gasteiger partial charge in [0.15, 0.2) is 14.9 Å². The normalized spacial score (nSPS) is 23.2. The number of aliphatic hydroxyl groups is 1. The molecule has 5 rings (SSSR count). The van der Waals surface area contributed by atoms with Crippen molar-refractivity contribution in [2.24, 2.45) is 11.3 Å². The summed E-state index contributed by atoms with van der Waals surface area (Å²) >= 11 is 1.03. The summed E-state index contributed by atoms with van der Waals surface area (Å²) in [7, 11) is -3.67. The number of sulfone groups is 1. The number of hydrogen-bond acceptors (Lipinski definition) is 10. The first kappa shape index (κ1) is 27.8. The predicted octanol–water partition coefficient (Wildman–Crippen LogP) is 2.74. The van der Waals surface area contributed by atoms with Crippen LogP contribution in [0.25, 0.3) is 10.4 Å². The monoisotopic (exact) mass is 589 g/mol. The van der Waals surface area contributed by atoms with Gasteiger partial charge in [0.05, 0.1) is 29.5 Å². The van der Waals surface area contributed by atoms with Crippen molar-refractivity contribution in [3.63, 3.8) is 0 Å². The SMILES string of the molecule is Cc1ccccc1OC(=O)OCCC1(C)C(c2cn3cnc(S(C)(=O)=O)c3s2)=C(C(=O)O)N2C(=O)[C@H]([C@@H](C)O)[C@@H]21. The summed E-state index contributed by atoms with van der Waals surface area (Å²) in [5, 5.41) is 20.5. The van der Waals surface area contributed by atoms with Crippen molar-refractivity contribution in [1.82, 2.24) is 14.3 Å². The molecule has 2 aromatic heterocycles. The Kier molecular flexibility index (Phi) is 6.75. The average molecular weight is 590 g/mol. The van der Waals surface area contributed by atoms with Gasteiger partial charge in [-0.25, -0.2) is 23.0 Å². The maximum atomic E-state index is 13.1. The minimum atomic E-state index is -3.67. The average Bonchev–Trinajstić information content (AvgIpc) is 3.48. The topological polar surface area (TPSA) is 165 Å². The molecule has 40 heavy (non-hydrogen) atoms. The van der Waals surface area contributed by atoms with Crippen LogP contribution < -0.4 is 4.74 Å². The molecule has 0 spiro atoms. The molecule has 2 N–H and O–H groups in total. The Morgan fingerprint density at radius 2 is 1.98 bits per heavy atom. The molecule has 0 saturated carbocycles. The number of ether oxygens (including phenoxy) is 2. The standard InChI is InChI=1S/C26H27N3O9S2/c1-13-7-5-6-8-15(13)38-25(34)37-10-9-26(3)18(16-11-28-12-27-21(23(28)39-16)40(4,35)36)19(24(32)33)29-20(26)17(14(2)30)22(29)31/h5-8,11-12,14,17,20,30H,9-10H2,1-4H3,(H,32,33)/t14-,17-,20-,26?/m1/s1. The first-order valence-corrected chi connectivity index (χ1v) is 15.0. The van der Waals surface area contributed by atoms with Gasteiger partial charge in [-0.15, -0.1) is 11.3 Å². The van der Waals surface area contributed by atoms with E-state index in [1.807, 2.05) is 0 Å². The molecule has 212 valence electrons. The number of benzene rings is 1. The van der Waals surface area contributed by atoms with Gasteiger partial charge in [0.2, 0.25) is 5.91 Å². The van der Waals surface area contributed by atoms with Crippen LogP contribution in [0.5, 0.6) is 5.75 Å². The third kappa shape index (κ3) is 4.35. The number of rotatable bonds is 8. The highest BCUT2D eigenvalue weighted by atomic mass is 32.2. The van der Waals surface area contributed by atoms with Crippen molar-refractivity contribution in [1.29, 1.82) is 0 Å². The third-order valence-electron chi connectivity index (χ3n) is 7.47. The Bertz CT molecular complexity index is 1690. The first-order chi connectivity index (χ1) is 18.8. The van der Waals surface area contributed by atoms with Gasteiger partial charge < -0.3 is 24.6 Å². The summed E-state index contributed by atoms with van der Waals surface area (Å²) in [5.74, 6) is -2.42. The second-order valence-corrected chi connectivity index (χ2v) is 13.2. The number of carbonyl (C=O) groups is 3. The molecule has 14 heteroatoms. The second-order valence-electron chi connectivity index (χ2n) is 10.2. The molecule has 4 atom stereocenters. The molecule has 0 radical (unpaired) electrons. The molecule has 1 amide bonds. The van der Waals surface area contributed by atoms with Gasteiger partial charge in [0, 0.05) is 23.4 Å². The van der Waals surface area contributed by atoms with Gasteiger partial charge in [-0.3, -0.25) is 9.20 Å². The quantitative estimate of drug-likeness (QED) is 0.227. The zero-order valence-corrected chi connectivity index (χ0v) is 23.7. The van der Waals surface area contributed by atoms with E-state index in [1.165, 1.54) is 22.6 Å². The van der Waals surface area contributed by atoms with E-state index >= 15 is 0 Å². The van der Waals surface area contributed by atoms with Gasteiger partial charge in [-0.05, 0) is 31.9 Å². The number of carboxylic acids is 1. The Labute approximate surface area is 233 Å². The maximum absolute atomic E-state index is 13.1. The lowest BCUT2D eigenvalue weighted by Crippen LogP contribution is -2.66. The van der Waals surface area contributed by atoms with E-state index in [1.54, 1.807) is 44.3 Å². The molecule has 4 heterocycles. The van der Waals surface area contributed by atoms with Crippen LogP contribution in [0.3, 0.4) is 0 Å². The molecule has 0 bridgehead atoms. The Morgan fingerprint density at radius 1 is 1.27 bits per heavy atom. The van der Waals surface area contributed by atoms with Crippen LogP contribution in [0.1, 0.15) is 30.7 Å². The van der Waals surface area contributed by atoms with Crippen LogP contribution in [-0.4, -0.2) is 76.0 Å². The lowest BCUT2D eigenvalue weighted by Gasteiger charge is -2.50. The number of nitrogens with zero attached hydrogens (tertiary/aromatic N) is 3. The van der Waals surface area contributed by atoms with Crippen LogP contribution in [0.15, 0.2) is 47.5 Å². The highest BCUT2D eigenvalue weighted by molar-refractivity contribution is 7.91. The van der Waals surface area contributed by atoms with Gasteiger partial charge in [0.1, 0.15) is 22.6 Å². The van der Waals surface area contributed by atoms with Gasteiger partial charge in [-0.2, -0.15) is 0 Å². The number of aliphatic carboxylic acids is 1. The number of imidazole rings is 1. The highest BCUT2D eigenvalue weighted by Gasteiger charge is 2.66. The van der Waals surface area contributed by atoms with Crippen molar-refractivity contribution < 1.29 is 42.5 Å². The zero-order valence-electron chi connectivity index (χ0n) is 22.0. The largest absolute Gasteiger partial charge is 0.513 e. The summed E-state index contributed by atoms with van der Waals surface area (Å²) in [6.45, 7) is 4.81. The molecule has 3 aromatic rings. The molecule has 1 fully saturated rings. The van der Waals surface area contributed by atoms with Crippen LogP contribution >= 0.6 is 11.3 Å². The number of aryl methyl sites for hydroxylation is 1. The molecule has 2 aliphatic heterocycles. The smallest absolute Gasteiger partial charge is 0.477 e. The molecule has 1 aromatic carbocycles. The summed E-state index contributed by atoms with van der Waals surface area (Å²) in [6, 6.07) is 6.18. The number of β-lactam (4-membered cyclic amide) rings is 1. The Hall–Kier alpha value is -3.75. The number of hydrogen-bond donors (Lipinski definition) is 2. The number of amides is 1. The molecule has 2 aliphatic rings. The van der Waals surface area contributed by atoms with Crippen molar-refractivity contribution >= 4 is 49.6 Å². The van der Waals surface area contributed by atoms with E-state index in [0.717, 1.165) is 23.2 Å². The number of carbonyl (C=O) groups excluding carboxylic acids is 2.